The van der Waals surface area contributed by atoms with Gasteiger partial charge < -0.3 is 9.47 Å². The third-order valence-electron chi connectivity index (χ3n) is 1.84. The first-order valence-electron chi connectivity index (χ1n) is 4.93. The van der Waals surface area contributed by atoms with Crippen molar-refractivity contribution < 1.29 is 22.6 Å². The molecule has 1 aromatic carbocycles. The van der Waals surface area contributed by atoms with Crippen LogP contribution in [-0.2, 0) is 10.1 Å². The largest absolute Gasteiger partial charge is 0.491 e. The molecule has 0 aromatic heterocycles. The van der Waals surface area contributed by atoms with E-state index in [1.807, 2.05) is 12.1 Å². The first-order chi connectivity index (χ1) is 8.01. The van der Waals surface area contributed by atoms with Crippen LogP contribution in [0.3, 0.4) is 0 Å². The molecule has 0 bridgehead atoms. The molecule has 0 N–H and O–H groups in total. The number of hydrogen-bond donors (Lipinski definition) is 0. The molecule has 0 fully saturated rings. The molecule has 0 amide bonds. The second-order valence-electron chi connectivity index (χ2n) is 3.29. The second kappa shape index (κ2) is 6.86. The molecule has 0 radical (unpaired) electrons. The molecule has 1 aromatic rings. The van der Waals surface area contributed by atoms with E-state index < -0.39 is 12.8 Å². The van der Waals surface area contributed by atoms with Crippen LogP contribution in [0.4, 0.5) is 13.2 Å². The fraction of sp³-hybridized carbons (Fsp3) is 0.455. The molecule has 0 heterocycles. The van der Waals surface area contributed by atoms with Crippen LogP contribution >= 0.6 is 15.9 Å². The SMILES string of the molecule is FC(F)(F)COCCOc1ccc(CBr)cc1. The van der Waals surface area contributed by atoms with Crippen LogP contribution in [-0.4, -0.2) is 26.0 Å². The van der Waals surface area contributed by atoms with Gasteiger partial charge in [0.2, 0.25) is 0 Å². The molecular weight excluding hydrogens is 301 g/mol. The second-order valence-corrected chi connectivity index (χ2v) is 3.85. The van der Waals surface area contributed by atoms with E-state index in [2.05, 4.69) is 20.7 Å². The number of halogens is 4. The van der Waals surface area contributed by atoms with Crippen LogP contribution in [0.25, 0.3) is 0 Å². The van der Waals surface area contributed by atoms with Crippen molar-refractivity contribution in [3.8, 4) is 5.75 Å². The van der Waals surface area contributed by atoms with E-state index in [0.717, 1.165) is 10.9 Å². The van der Waals surface area contributed by atoms with Crippen molar-refractivity contribution in [1.29, 1.82) is 0 Å². The number of benzene rings is 1. The van der Waals surface area contributed by atoms with Crippen molar-refractivity contribution in [1.82, 2.24) is 0 Å². The summed E-state index contributed by atoms with van der Waals surface area (Å²) in [4.78, 5) is 0. The van der Waals surface area contributed by atoms with E-state index in [1.165, 1.54) is 0 Å². The molecule has 96 valence electrons. The van der Waals surface area contributed by atoms with Gasteiger partial charge in [-0.05, 0) is 17.7 Å². The Morgan fingerprint density at radius 1 is 1.06 bits per heavy atom. The van der Waals surface area contributed by atoms with Crippen molar-refractivity contribution in [3.05, 3.63) is 29.8 Å². The lowest BCUT2D eigenvalue weighted by Gasteiger charge is -2.09. The highest BCUT2D eigenvalue weighted by Gasteiger charge is 2.27. The third-order valence-corrected chi connectivity index (χ3v) is 2.49. The van der Waals surface area contributed by atoms with E-state index in [4.69, 9.17) is 4.74 Å². The Labute approximate surface area is 106 Å². The van der Waals surface area contributed by atoms with Gasteiger partial charge in [-0.1, -0.05) is 28.1 Å². The van der Waals surface area contributed by atoms with Crippen molar-refractivity contribution in [2.24, 2.45) is 0 Å². The lowest BCUT2D eigenvalue weighted by atomic mass is 10.2. The zero-order chi connectivity index (χ0) is 12.7. The Balaban J connectivity index is 2.18. The summed E-state index contributed by atoms with van der Waals surface area (Å²) >= 11 is 3.31. The monoisotopic (exact) mass is 312 g/mol. The Morgan fingerprint density at radius 2 is 1.71 bits per heavy atom. The van der Waals surface area contributed by atoms with Gasteiger partial charge in [0.15, 0.2) is 0 Å². The Bertz CT molecular complexity index is 324. The fourth-order valence-corrected chi connectivity index (χ4v) is 1.45. The Kier molecular flexibility index (Phi) is 5.77. The number of rotatable bonds is 6. The Morgan fingerprint density at radius 3 is 2.24 bits per heavy atom. The molecule has 6 heteroatoms. The van der Waals surface area contributed by atoms with E-state index in [9.17, 15) is 13.2 Å². The van der Waals surface area contributed by atoms with E-state index >= 15 is 0 Å². The zero-order valence-corrected chi connectivity index (χ0v) is 10.6. The molecule has 0 atom stereocenters. The van der Waals surface area contributed by atoms with Crippen LogP contribution in [0.2, 0.25) is 0 Å². The van der Waals surface area contributed by atoms with Crippen LogP contribution in [0, 0.1) is 0 Å². The number of hydrogen-bond acceptors (Lipinski definition) is 2. The highest BCUT2D eigenvalue weighted by atomic mass is 79.9. The standard InChI is InChI=1S/C11H12BrF3O2/c12-7-9-1-3-10(4-2-9)17-6-5-16-8-11(13,14)15/h1-4H,5-8H2. The van der Waals surface area contributed by atoms with Gasteiger partial charge in [0.05, 0.1) is 6.61 Å². The van der Waals surface area contributed by atoms with Crippen LogP contribution in [0.1, 0.15) is 5.56 Å². The molecule has 0 aliphatic rings. The molecule has 0 aliphatic carbocycles. The minimum atomic E-state index is -4.28. The summed E-state index contributed by atoms with van der Waals surface area (Å²) < 4.78 is 44.8. The van der Waals surface area contributed by atoms with Crippen LogP contribution < -0.4 is 4.74 Å². The molecule has 0 aliphatic heterocycles. The number of alkyl halides is 4. The summed E-state index contributed by atoms with van der Waals surface area (Å²) in [6.07, 6.45) is -4.28. The first-order valence-corrected chi connectivity index (χ1v) is 6.05. The molecule has 0 unspecified atom stereocenters. The summed E-state index contributed by atoms with van der Waals surface area (Å²) in [7, 11) is 0. The fourth-order valence-electron chi connectivity index (χ4n) is 1.08. The zero-order valence-electron chi connectivity index (χ0n) is 8.97. The van der Waals surface area contributed by atoms with Gasteiger partial charge in [0.1, 0.15) is 19.0 Å². The van der Waals surface area contributed by atoms with Gasteiger partial charge in [-0.2, -0.15) is 13.2 Å². The normalized spacial score (nSPS) is 11.5. The van der Waals surface area contributed by atoms with Crippen molar-refractivity contribution in [2.45, 2.75) is 11.5 Å². The minimum absolute atomic E-state index is 0.0836. The van der Waals surface area contributed by atoms with Crippen LogP contribution in [0.5, 0.6) is 5.75 Å². The van der Waals surface area contributed by atoms with Gasteiger partial charge >= 0.3 is 6.18 Å². The topological polar surface area (TPSA) is 18.5 Å². The summed E-state index contributed by atoms with van der Waals surface area (Å²) in [5.41, 5.74) is 1.10. The minimum Gasteiger partial charge on any atom is -0.491 e. The summed E-state index contributed by atoms with van der Waals surface area (Å²) in [5.74, 6) is 0.616. The third kappa shape index (κ3) is 6.53. The average Bonchev–Trinajstić information content (AvgIpc) is 2.28. The lowest BCUT2D eigenvalue weighted by Crippen LogP contribution is -2.19. The van der Waals surface area contributed by atoms with E-state index in [0.29, 0.717) is 5.75 Å². The van der Waals surface area contributed by atoms with Gasteiger partial charge in [0.25, 0.3) is 0 Å². The Hall–Kier alpha value is -0.750. The van der Waals surface area contributed by atoms with E-state index in [1.54, 1.807) is 12.1 Å². The maximum Gasteiger partial charge on any atom is 0.411 e. The van der Waals surface area contributed by atoms with E-state index in [-0.39, 0.29) is 13.2 Å². The van der Waals surface area contributed by atoms with Crippen molar-refractivity contribution >= 4 is 15.9 Å². The maximum absolute atomic E-state index is 11.7. The van der Waals surface area contributed by atoms with Gasteiger partial charge in [0, 0.05) is 5.33 Å². The maximum atomic E-state index is 11.7. The van der Waals surface area contributed by atoms with Crippen molar-refractivity contribution in [3.63, 3.8) is 0 Å². The molecular formula is C11H12BrF3O2. The smallest absolute Gasteiger partial charge is 0.411 e. The first kappa shape index (κ1) is 14.3. The highest BCUT2D eigenvalue weighted by molar-refractivity contribution is 9.08. The molecule has 0 saturated carbocycles. The molecule has 2 nitrogen and oxygen atoms in total. The predicted octanol–water partition coefficient (Wildman–Crippen LogP) is 3.54. The quantitative estimate of drug-likeness (QED) is 0.591. The summed E-state index contributed by atoms with van der Waals surface area (Å²) in [6, 6.07) is 7.28. The van der Waals surface area contributed by atoms with Crippen LogP contribution in [0.15, 0.2) is 24.3 Å². The van der Waals surface area contributed by atoms with Gasteiger partial charge in [-0.3, -0.25) is 0 Å². The summed E-state index contributed by atoms with van der Waals surface area (Å²) in [6.45, 7) is -1.22. The van der Waals surface area contributed by atoms with Gasteiger partial charge in [-0.25, -0.2) is 0 Å². The molecule has 0 saturated heterocycles. The van der Waals surface area contributed by atoms with Crippen molar-refractivity contribution in [2.75, 3.05) is 19.8 Å². The molecule has 0 spiro atoms. The summed E-state index contributed by atoms with van der Waals surface area (Å²) in [5, 5.41) is 0.752. The lowest BCUT2D eigenvalue weighted by molar-refractivity contribution is -0.175. The average molecular weight is 313 g/mol. The van der Waals surface area contributed by atoms with Gasteiger partial charge in [-0.15, -0.1) is 0 Å². The molecule has 1 rings (SSSR count). The molecule has 17 heavy (non-hydrogen) atoms. The highest BCUT2D eigenvalue weighted by Crippen LogP contribution is 2.15. The number of ether oxygens (including phenoxy) is 2. The predicted molar refractivity (Wildman–Crippen MR) is 61.4 cm³/mol.